The third-order valence-corrected chi connectivity index (χ3v) is 5.41. The maximum atomic E-state index is 12.1. The van der Waals surface area contributed by atoms with Crippen LogP contribution in [0.15, 0.2) is 22.7 Å². The molecule has 1 saturated carbocycles. The van der Waals surface area contributed by atoms with Crippen molar-refractivity contribution in [2.75, 3.05) is 6.54 Å². The Labute approximate surface area is 132 Å². The summed E-state index contributed by atoms with van der Waals surface area (Å²) in [5, 5.41) is 3.56. The molecule has 0 saturated heterocycles. The van der Waals surface area contributed by atoms with Gasteiger partial charge in [0.2, 0.25) is 0 Å². The van der Waals surface area contributed by atoms with E-state index in [0.717, 1.165) is 17.3 Å². The lowest BCUT2D eigenvalue weighted by atomic mass is 9.88. The minimum Gasteiger partial charge on any atom is -0.352 e. The second-order valence-corrected chi connectivity index (χ2v) is 6.66. The molecule has 2 rings (SSSR count). The molecular formula is C14H16BrCl2NO. The number of amides is 1. The second kappa shape index (κ2) is 6.96. The molecule has 2 atom stereocenters. The molecule has 0 aromatic heterocycles. The third-order valence-electron chi connectivity index (χ3n) is 3.54. The van der Waals surface area contributed by atoms with Gasteiger partial charge in [0, 0.05) is 16.4 Å². The van der Waals surface area contributed by atoms with E-state index in [9.17, 15) is 4.79 Å². The Morgan fingerprint density at radius 3 is 2.84 bits per heavy atom. The number of hydrogen-bond acceptors (Lipinski definition) is 1. The summed E-state index contributed by atoms with van der Waals surface area (Å²) in [6, 6.07) is 5.34. The smallest absolute Gasteiger partial charge is 0.252 e. The zero-order valence-corrected chi connectivity index (χ0v) is 13.6. The molecule has 5 heteroatoms. The number of carbonyl (C=O) groups is 1. The minimum atomic E-state index is -0.138. The summed E-state index contributed by atoms with van der Waals surface area (Å²) in [6.07, 6.45) is 4.51. The van der Waals surface area contributed by atoms with Gasteiger partial charge in [-0.3, -0.25) is 4.79 Å². The summed E-state index contributed by atoms with van der Waals surface area (Å²) in [6.45, 7) is 0.621. The molecular weight excluding hydrogens is 349 g/mol. The highest BCUT2D eigenvalue weighted by Gasteiger charge is 2.24. The fourth-order valence-electron chi connectivity index (χ4n) is 2.39. The number of carbonyl (C=O) groups excluding carboxylic acids is 1. The summed E-state index contributed by atoms with van der Waals surface area (Å²) in [7, 11) is 0. The maximum Gasteiger partial charge on any atom is 0.252 e. The Morgan fingerprint density at radius 1 is 1.37 bits per heavy atom. The molecule has 1 aromatic carbocycles. The summed E-state index contributed by atoms with van der Waals surface area (Å²) < 4.78 is 0.731. The molecule has 104 valence electrons. The fraction of sp³-hybridized carbons (Fsp3) is 0.500. The van der Waals surface area contributed by atoms with Crippen LogP contribution in [0.5, 0.6) is 0 Å². The van der Waals surface area contributed by atoms with Crippen LogP contribution >= 0.6 is 39.1 Å². The van der Waals surface area contributed by atoms with E-state index in [0.29, 0.717) is 23.0 Å². The highest BCUT2D eigenvalue weighted by atomic mass is 79.9. The first kappa shape index (κ1) is 15.1. The van der Waals surface area contributed by atoms with Crippen molar-refractivity contribution in [2.45, 2.75) is 31.1 Å². The first-order chi connectivity index (χ1) is 9.09. The second-order valence-electron chi connectivity index (χ2n) is 4.87. The third kappa shape index (κ3) is 3.87. The van der Waals surface area contributed by atoms with Crippen LogP contribution in [-0.4, -0.2) is 17.8 Å². The van der Waals surface area contributed by atoms with Crippen LogP contribution in [0.3, 0.4) is 0 Å². The van der Waals surface area contributed by atoms with Crippen LogP contribution in [0.1, 0.15) is 36.0 Å². The number of nitrogens with one attached hydrogen (secondary N) is 1. The van der Waals surface area contributed by atoms with Gasteiger partial charge in [-0.1, -0.05) is 30.5 Å². The molecule has 0 bridgehead atoms. The predicted octanol–water partition coefficient (Wildman–Crippen LogP) is 4.63. The van der Waals surface area contributed by atoms with Crippen LogP contribution in [0.2, 0.25) is 5.02 Å². The monoisotopic (exact) mass is 363 g/mol. The molecule has 2 nitrogen and oxygen atoms in total. The molecule has 0 heterocycles. The lowest BCUT2D eigenvalue weighted by molar-refractivity contribution is 0.0944. The SMILES string of the molecule is O=C(NCC1CCCCC1Cl)c1cccc(Br)c1Cl. The van der Waals surface area contributed by atoms with Crippen LogP contribution in [0, 0.1) is 5.92 Å². The Balaban J connectivity index is 1.95. The molecule has 0 spiro atoms. The van der Waals surface area contributed by atoms with Crippen molar-refractivity contribution >= 4 is 45.0 Å². The first-order valence-corrected chi connectivity index (χ1v) is 8.06. The van der Waals surface area contributed by atoms with Crippen molar-refractivity contribution in [1.82, 2.24) is 5.32 Å². The highest BCUT2D eigenvalue weighted by Crippen LogP contribution is 2.29. The molecule has 1 aliphatic carbocycles. The van der Waals surface area contributed by atoms with Crippen molar-refractivity contribution in [2.24, 2.45) is 5.92 Å². The van der Waals surface area contributed by atoms with Crippen molar-refractivity contribution in [1.29, 1.82) is 0 Å². The van der Waals surface area contributed by atoms with Crippen LogP contribution < -0.4 is 5.32 Å². The predicted molar refractivity (Wildman–Crippen MR) is 83.1 cm³/mol. The summed E-state index contributed by atoms with van der Waals surface area (Å²) in [5.74, 6) is 0.228. The van der Waals surface area contributed by atoms with Crippen molar-refractivity contribution < 1.29 is 4.79 Å². The topological polar surface area (TPSA) is 29.1 Å². The zero-order chi connectivity index (χ0) is 13.8. The Bertz CT molecular complexity index is 467. The lowest BCUT2D eigenvalue weighted by Gasteiger charge is -2.27. The minimum absolute atomic E-state index is 0.138. The van der Waals surface area contributed by atoms with Gasteiger partial charge in [0.25, 0.3) is 5.91 Å². The van der Waals surface area contributed by atoms with Crippen LogP contribution in [0.25, 0.3) is 0 Å². The van der Waals surface area contributed by atoms with Gasteiger partial charge in [-0.2, -0.15) is 0 Å². The van der Waals surface area contributed by atoms with Gasteiger partial charge < -0.3 is 5.32 Å². The van der Waals surface area contributed by atoms with Gasteiger partial charge >= 0.3 is 0 Å². The molecule has 1 N–H and O–H groups in total. The Kier molecular flexibility index (Phi) is 5.55. The van der Waals surface area contributed by atoms with E-state index in [1.165, 1.54) is 12.8 Å². The Hall–Kier alpha value is -0.250. The van der Waals surface area contributed by atoms with E-state index in [4.69, 9.17) is 23.2 Å². The number of benzene rings is 1. The van der Waals surface area contributed by atoms with Crippen LogP contribution in [-0.2, 0) is 0 Å². The van der Waals surface area contributed by atoms with Crippen molar-refractivity contribution in [3.05, 3.63) is 33.3 Å². The molecule has 0 radical (unpaired) electrons. The zero-order valence-electron chi connectivity index (χ0n) is 10.5. The first-order valence-electron chi connectivity index (χ1n) is 6.46. The van der Waals surface area contributed by atoms with Gasteiger partial charge in [0.15, 0.2) is 0 Å². The summed E-state index contributed by atoms with van der Waals surface area (Å²) in [5.41, 5.74) is 0.498. The average Bonchev–Trinajstić information content (AvgIpc) is 2.40. The summed E-state index contributed by atoms with van der Waals surface area (Å²) in [4.78, 5) is 12.1. The quantitative estimate of drug-likeness (QED) is 0.778. The van der Waals surface area contributed by atoms with E-state index in [1.807, 2.05) is 6.07 Å². The van der Waals surface area contributed by atoms with Gasteiger partial charge in [0.1, 0.15) is 0 Å². The van der Waals surface area contributed by atoms with E-state index in [-0.39, 0.29) is 11.3 Å². The highest BCUT2D eigenvalue weighted by molar-refractivity contribution is 9.10. The van der Waals surface area contributed by atoms with Gasteiger partial charge in [-0.15, -0.1) is 11.6 Å². The lowest BCUT2D eigenvalue weighted by Crippen LogP contribution is -2.34. The van der Waals surface area contributed by atoms with Gasteiger partial charge in [-0.05, 0) is 46.8 Å². The average molecular weight is 365 g/mol. The van der Waals surface area contributed by atoms with E-state index in [1.54, 1.807) is 12.1 Å². The fourth-order valence-corrected chi connectivity index (χ4v) is 3.34. The van der Waals surface area contributed by atoms with Gasteiger partial charge in [-0.25, -0.2) is 0 Å². The van der Waals surface area contributed by atoms with E-state index >= 15 is 0 Å². The molecule has 1 aliphatic rings. The summed E-state index contributed by atoms with van der Waals surface area (Å²) >= 11 is 15.7. The molecule has 1 fully saturated rings. The van der Waals surface area contributed by atoms with Crippen molar-refractivity contribution in [3.63, 3.8) is 0 Å². The largest absolute Gasteiger partial charge is 0.352 e. The van der Waals surface area contributed by atoms with Crippen molar-refractivity contribution in [3.8, 4) is 0 Å². The molecule has 0 aliphatic heterocycles. The van der Waals surface area contributed by atoms with Gasteiger partial charge in [0.05, 0.1) is 10.6 Å². The molecule has 1 amide bonds. The number of halogens is 3. The van der Waals surface area contributed by atoms with E-state index < -0.39 is 0 Å². The Morgan fingerprint density at radius 2 is 2.11 bits per heavy atom. The molecule has 1 aromatic rings. The standard InChI is InChI=1S/C14H16BrCl2NO/c15-11-6-3-5-10(13(11)17)14(19)18-8-9-4-1-2-7-12(9)16/h3,5-6,9,12H,1-2,4,7-8H2,(H,18,19). The number of rotatable bonds is 3. The normalized spacial score (nSPS) is 23.1. The molecule has 2 unspecified atom stereocenters. The maximum absolute atomic E-state index is 12.1. The number of alkyl halides is 1. The molecule has 19 heavy (non-hydrogen) atoms. The number of hydrogen-bond donors (Lipinski definition) is 1. The van der Waals surface area contributed by atoms with Crippen LogP contribution in [0.4, 0.5) is 0 Å². The van der Waals surface area contributed by atoms with E-state index in [2.05, 4.69) is 21.2 Å².